The fraction of sp³-hybridized carbons (Fsp3) is 0.167. The highest BCUT2D eigenvalue weighted by Gasteiger charge is 2.09. The molecule has 7 heteroatoms. The first-order valence-electron chi connectivity index (χ1n) is 5.58. The van der Waals surface area contributed by atoms with Crippen LogP contribution < -0.4 is 10.6 Å². The van der Waals surface area contributed by atoms with E-state index >= 15 is 0 Å². The average Bonchev–Trinajstić information content (AvgIpc) is 2.38. The van der Waals surface area contributed by atoms with E-state index in [9.17, 15) is 4.39 Å². The zero-order valence-electron chi connectivity index (χ0n) is 10.0. The van der Waals surface area contributed by atoms with Crippen molar-refractivity contribution in [1.82, 2.24) is 9.97 Å². The fourth-order valence-corrected chi connectivity index (χ4v) is 1.94. The number of halogens is 3. The third kappa shape index (κ3) is 3.54. The second-order valence-electron chi connectivity index (χ2n) is 3.67. The highest BCUT2D eigenvalue weighted by atomic mass is 79.9. The van der Waals surface area contributed by atoms with Gasteiger partial charge in [-0.1, -0.05) is 27.5 Å². The molecule has 0 aliphatic heterocycles. The number of aromatic nitrogens is 2. The molecule has 0 saturated carbocycles. The number of nitrogens with one attached hydrogen (secondary N) is 2. The van der Waals surface area contributed by atoms with Crippen LogP contribution in [-0.2, 0) is 0 Å². The molecule has 1 aromatic carbocycles. The molecular weight excluding hydrogens is 335 g/mol. The molecule has 4 nitrogen and oxygen atoms in total. The molecular formula is C12H11BrClFN4. The van der Waals surface area contributed by atoms with Gasteiger partial charge < -0.3 is 10.6 Å². The monoisotopic (exact) mass is 344 g/mol. The zero-order chi connectivity index (χ0) is 13.8. The van der Waals surface area contributed by atoms with Crippen LogP contribution >= 0.6 is 27.5 Å². The smallest absolute Gasteiger partial charge is 0.224 e. The summed E-state index contributed by atoms with van der Waals surface area (Å²) in [5, 5.41) is 6.25. The molecule has 0 fully saturated rings. The van der Waals surface area contributed by atoms with Gasteiger partial charge in [-0.05, 0) is 25.1 Å². The second-order valence-corrected chi connectivity index (χ2v) is 4.99. The van der Waals surface area contributed by atoms with Gasteiger partial charge in [-0.2, -0.15) is 4.98 Å². The van der Waals surface area contributed by atoms with Crippen molar-refractivity contribution in [2.24, 2.45) is 0 Å². The molecule has 2 rings (SSSR count). The van der Waals surface area contributed by atoms with Crippen LogP contribution in [-0.4, -0.2) is 16.5 Å². The second kappa shape index (κ2) is 6.16. The van der Waals surface area contributed by atoms with E-state index < -0.39 is 5.82 Å². The van der Waals surface area contributed by atoms with Gasteiger partial charge in [0.25, 0.3) is 0 Å². The number of hydrogen-bond donors (Lipinski definition) is 2. The molecule has 2 N–H and O–H groups in total. The van der Waals surface area contributed by atoms with Crippen LogP contribution in [0.5, 0.6) is 0 Å². The van der Waals surface area contributed by atoms with Crippen LogP contribution in [0.4, 0.5) is 21.8 Å². The minimum absolute atomic E-state index is 0.0750. The summed E-state index contributed by atoms with van der Waals surface area (Å²) in [4.78, 5) is 7.88. The lowest BCUT2D eigenvalue weighted by Crippen LogP contribution is -2.06. The van der Waals surface area contributed by atoms with E-state index in [0.29, 0.717) is 23.2 Å². The van der Waals surface area contributed by atoms with Gasteiger partial charge in [0.15, 0.2) is 11.6 Å². The lowest BCUT2D eigenvalue weighted by atomic mass is 10.3. The summed E-state index contributed by atoms with van der Waals surface area (Å²) in [7, 11) is 0. The Kier molecular flexibility index (Phi) is 4.55. The number of nitrogens with zero attached hydrogens (tertiary/aromatic N) is 2. The van der Waals surface area contributed by atoms with Gasteiger partial charge in [0.05, 0.1) is 16.9 Å². The molecule has 1 heterocycles. The average molecular weight is 346 g/mol. The van der Waals surface area contributed by atoms with Crippen molar-refractivity contribution in [3.63, 3.8) is 0 Å². The first-order chi connectivity index (χ1) is 9.10. The van der Waals surface area contributed by atoms with Crippen LogP contribution in [0.25, 0.3) is 0 Å². The molecule has 100 valence electrons. The van der Waals surface area contributed by atoms with Crippen LogP contribution in [0.1, 0.15) is 6.92 Å². The molecule has 0 aliphatic rings. The largest absolute Gasteiger partial charge is 0.354 e. The Morgan fingerprint density at radius 3 is 2.95 bits per heavy atom. The Morgan fingerprint density at radius 2 is 2.21 bits per heavy atom. The fourth-order valence-electron chi connectivity index (χ4n) is 1.42. The molecule has 0 aliphatic carbocycles. The number of benzene rings is 1. The Labute approximate surface area is 123 Å². The van der Waals surface area contributed by atoms with E-state index in [-0.39, 0.29) is 5.82 Å². The lowest BCUT2D eigenvalue weighted by molar-refractivity contribution is 0.619. The minimum atomic E-state index is -0.544. The summed E-state index contributed by atoms with van der Waals surface area (Å²) in [6.07, 6.45) is 1.11. The summed E-state index contributed by atoms with van der Waals surface area (Å²) in [5.41, 5.74) is 0.566. The van der Waals surface area contributed by atoms with Crippen molar-refractivity contribution in [3.05, 3.63) is 39.7 Å². The molecule has 1 aromatic heterocycles. The predicted octanol–water partition coefficient (Wildman–Crippen LogP) is 4.21. The molecule has 19 heavy (non-hydrogen) atoms. The normalized spacial score (nSPS) is 10.3. The summed E-state index contributed by atoms with van der Waals surface area (Å²) >= 11 is 9.36. The van der Waals surface area contributed by atoms with Gasteiger partial charge in [0.2, 0.25) is 5.95 Å². The van der Waals surface area contributed by atoms with Crippen LogP contribution in [0.15, 0.2) is 28.9 Å². The Morgan fingerprint density at radius 1 is 1.42 bits per heavy atom. The van der Waals surface area contributed by atoms with Crippen molar-refractivity contribution in [2.75, 3.05) is 17.2 Å². The van der Waals surface area contributed by atoms with E-state index in [1.807, 2.05) is 6.92 Å². The topological polar surface area (TPSA) is 49.8 Å². The zero-order valence-corrected chi connectivity index (χ0v) is 12.4. The van der Waals surface area contributed by atoms with Crippen molar-refractivity contribution >= 4 is 45.0 Å². The molecule has 0 atom stereocenters. The Bertz CT molecular complexity index is 594. The van der Waals surface area contributed by atoms with Gasteiger partial charge in [-0.3, -0.25) is 0 Å². The van der Waals surface area contributed by atoms with E-state index in [4.69, 9.17) is 11.6 Å². The number of anilines is 3. The summed E-state index contributed by atoms with van der Waals surface area (Å²) in [6, 6.07) is 5.25. The van der Waals surface area contributed by atoms with Gasteiger partial charge in [-0.25, -0.2) is 9.37 Å². The van der Waals surface area contributed by atoms with Crippen LogP contribution in [0.3, 0.4) is 0 Å². The molecule has 2 aromatic rings. The molecule has 0 unspecified atom stereocenters. The molecule has 0 saturated heterocycles. The van der Waals surface area contributed by atoms with E-state index in [1.54, 1.807) is 18.2 Å². The van der Waals surface area contributed by atoms with Crippen LogP contribution in [0, 0.1) is 5.82 Å². The van der Waals surface area contributed by atoms with E-state index in [0.717, 1.165) is 10.7 Å². The summed E-state index contributed by atoms with van der Waals surface area (Å²) in [6.45, 7) is 2.56. The SMILES string of the molecule is CCNc1ncc(F)c(Nc2cc(Br)ccc2Cl)n1. The van der Waals surface area contributed by atoms with Gasteiger partial charge in [0.1, 0.15) is 0 Å². The molecule has 0 spiro atoms. The van der Waals surface area contributed by atoms with Crippen LogP contribution in [0.2, 0.25) is 5.02 Å². The Balaban J connectivity index is 2.31. The highest BCUT2D eigenvalue weighted by Crippen LogP contribution is 2.28. The third-order valence-electron chi connectivity index (χ3n) is 2.26. The summed E-state index contributed by atoms with van der Waals surface area (Å²) in [5.74, 6) is -0.110. The number of rotatable bonds is 4. The third-order valence-corrected chi connectivity index (χ3v) is 3.08. The quantitative estimate of drug-likeness (QED) is 0.871. The maximum absolute atomic E-state index is 13.7. The maximum atomic E-state index is 13.7. The minimum Gasteiger partial charge on any atom is -0.354 e. The first-order valence-corrected chi connectivity index (χ1v) is 6.75. The molecule has 0 radical (unpaired) electrons. The van der Waals surface area contributed by atoms with E-state index in [1.165, 1.54) is 0 Å². The van der Waals surface area contributed by atoms with Crippen molar-refractivity contribution in [3.8, 4) is 0 Å². The summed E-state index contributed by atoms with van der Waals surface area (Å²) < 4.78 is 14.5. The molecule has 0 amide bonds. The highest BCUT2D eigenvalue weighted by molar-refractivity contribution is 9.10. The van der Waals surface area contributed by atoms with E-state index in [2.05, 4.69) is 36.5 Å². The van der Waals surface area contributed by atoms with Crippen molar-refractivity contribution in [1.29, 1.82) is 0 Å². The van der Waals surface area contributed by atoms with Crippen molar-refractivity contribution in [2.45, 2.75) is 6.92 Å². The van der Waals surface area contributed by atoms with Gasteiger partial charge in [-0.15, -0.1) is 0 Å². The van der Waals surface area contributed by atoms with Gasteiger partial charge >= 0.3 is 0 Å². The standard InChI is InChI=1S/C12H11BrClFN4/c1-2-16-12-17-6-9(15)11(19-12)18-10-5-7(13)3-4-8(10)14/h3-6H,2H2,1H3,(H2,16,17,18,19). The lowest BCUT2D eigenvalue weighted by Gasteiger charge is -2.10. The molecule has 0 bridgehead atoms. The van der Waals surface area contributed by atoms with Crippen molar-refractivity contribution < 1.29 is 4.39 Å². The predicted molar refractivity (Wildman–Crippen MR) is 78.6 cm³/mol. The maximum Gasteiger partial charge on any atom is 0.224 e. The first kappa shape index (κ1) is 14.0. The van der Waals surface area contributed by atoms with Gasteiger partial charge in [0, 0.05) is 11.0 Å². The Hall–Kier alpha value is -1.40. The number of hydrogen-bond acceptors (Lipinski definition) is 4.